The number of rotatable bonds is 6. The number of nitrogens with one attached hydrogen (secondary N) is 1. The second-order valence-corrected chi connectivity index (χ2v) is 6.88. The molecule has 1 aromatic heterocycles. The van der Waals surface area contributed by atoms with Crippen LogP contribution in [0, 0.1) is 11.3 Å². The molecule has 1 heterocycles. The lowest BCUT2D eigenvalue weighted by atomic mass is 10.2. The van der Waals surface area contributed by atoms with Gasteiger partial charge >= 0.3 is 0 Å². The minimum Gasteiger partial charge on any atom is -0.481 e. The zero-order valence-corrected chi connectivity index (χ0v) is 15.7. The summed E-state index contributed by atoms with van der Waals surface area (Å²) < 4.78 is 7.56. The Morgan fingerprint density at radius 2 is 2.07 bits per heavy atom. The maximum absolute atomic E-state index is 12.3. The largest absolute Gasteiger partial charge is 0.481 e. The maximum atomic E-state index is 12.3. The van der Waals surface area contributed by atoms with Crippen LogP contribution in [-0.4, -0.2) is 21.6 Å². The Labute approximate surface area is 161 Å². The van der Waals surface area contributed by atoms with Crippen molar-refractivity contribution in [2.75, 3.05) is 5.32 Å². The third-order valence-electron chi connectivity index (χ3n) is 3.75. The third kappa shape index (κ3) is 4.90. The molecule has 0 bridgehead atoms. The summed E-state index contributed by atoms with van der Waals surface area (Å²) in [5.41, 5.74) is 1.17. The Balaban J connectivity index is 1.58. The molecule has 0 aliphatic heterocycles. The van der Waals surface area contributed by atoms with E-state index in [-0.39, 0.29) is 5.91 Å². The number of anilines is 1. The summed E-state index contributed by atoms with van der Waals surface area (Å²) in [6.07, 6.45) is 2.95. The number of amides is 1. The topological polar surface area (TPSA) is 79.9 Å². The van der Waals surface area contributed by atoms with Gasteiger partial charge in [-0.25, -0.2) is 4.98 Å². The van der Waals surface area contributed by atoms with Gasteiger partial charge in [-0.1, -0.05) is 17.8 Å². The highest BCUT2D eigenvalue weighted by molar-refractivity contribution is 7.99. The molecular formula is C20H18N4O2S. The molecule has 0 saturated heterocycles. The van der Waals surface area contributed by atoms with Crippen molar-refractivity contribution in [3.63, 3.8) is 0 Å². The molecule has 136 valence electrons. The fraction of sp³-hybridized carbons (Fsp3) is 0.150. The van der Waals surface area contributed by atoms with Crippen molar-refractivity contribution >= 4 is 23.4 Å². The van der Waals surface area contributed by atoms with Crippen molar-refractivity contribution in [1.82, 2.24) is 9.55 Å². The van der Waals surface area contributed by atoms with Crippen LogP contribution in [0.1, 0.15) is 12.5 Å². The van der Waals surface area contributed by atoms with E-state index < -0.39 is 6.10 Å². The van der Waals surface area contributed by atoms with Crippen LogP contribution in [0.2, 0.25) is 0 Å². The Hall–Kier alpha value is -3.24. The van der Waals surface area contributed by atoms with Crippen LogP contribution < -0.4 is 10.1 Å². The molecule has 3 aromatic rings. The van der Waals surface area contributed by atoms with Crippen LogP contribution in [0.4, 0.5) is 5.69 Å². The van der Waals surface area contributed by atoms with Gasteiger partial charge in [-0.05, 0) is 49.4 Å². The summed E-state index contributed by atoms with van der Waals surface area (Å²) in [5, 5.41) is 12.7. The van der Waals surface area contributed by atoms with Crippen LogP contribution in [-0.2, 0) is 11.8 Å². The van der Waals surface area contributed by atoms with E-state index in [1.165, 1.54) is 0 Å². The first-order valence-electron chi connectivity index (χ1n) is 8.28. The van der Waals surface area contributed by atoms with Gasteiger partial charge in [0.15, 0.2) is 11.3 Å². The molecule has 3 rings (SSSR count). The molecule has 6 nitrogen and oxygen atoms in total. The molecule has 1 unspecified atom stereocenters. The third-order valence-corrected chi connectivity index (χ3v) is 4.84. The lowest BCUT2D eigenvalue weighted by Gasteiger charge is -2.15. The van der Waals surface area contributed by atoms with E-state index in [2.05, 4.69) is 10.3 Å². The van der Waals surface area contributed by atoms with Crippen LogP contribution in [0.25, 0.3) is 0 Å². The Morgan fingerprint density at radius 1 is 1.30 bits per heavy atom. The maximum Gasteiger partial charge on any atom is 0.265 e. The van der Waals surface area contributed by atoms with E-state index in [1.54, 1.807) is 49.1 Å². The van der Waals surface area contributed by atoms with Crippen molar-refractivity contribution in [3.8, 4) is 11.8 Å². The summed E-state index contributed by atoms with van der Waals surface area (Å²) in [6, 6.07) is 16.3. The van der Waals surface area contributed by atoms with Crippen molar-refractivity contribution in [3.05, 3.63) is 66.5 Å². The number of ether oxygens (including phenoxy) is 1. The lowest BCUT2D eigenvalue weighted by molar-refractivity contribution is -0.122. The van der Waals surface area contributed by atoms with Crippen molar-refractivity contribution in [2.45, 2.75) is 23.1 Å². The highest BCUT2D eigenvalue weighted by Crippen LogP contribution is 2.26. The fourth-order valence-corrected chi connectivity index (χ4v) is 3.10. The summed E-state index contributed by atoms with van der Waals surface area (Å²) in [7, 11) is 1.94. The van der Waals surface area contributed by atoms with Crippen molar-refractivity contribution < 1.29 is 9.53 Å². The quantitative estimate of drug-likeness (QED) is 0.705. The minimum absolute atomic E-state index is 0.262. The monoisotopic (exact) mass is 378 g/mol. The second-order valence-electron chi connectivity index (χ2n) is 5.84. The van der Waals surface area contributed by atoms with Gasteiger partial charge in [0.1, 0.15) is 5.75 Å². The number of carbonyl (C=O) groups excluding carboxylic acids is 1. The van der Waals surface area contributed by atoms with Gasteiger partial charge in [0.2, 0.25) is 0 Å². The molecule has 27 heavy (non-hydrogen) atoms. The van der Waals surface area contributed by atoms with Gasteiger partial charge in [-0.15, -0.1) is 0 Å². The predicted octanol–water partition coefficient (Wildman–Crippen LogP) is 3.85. The average molecular weight is 378 g/mol. The van der Waals surface area contributed by atoms with Crippen molar-refractivity contribution in [1.29, 1.82) is 5.26 Å². The van der Waals surface area contributed by atoms with E-state index in [0.717, 1.165) is 10.1 Å². The first-order valence-corrected chi connectivity index (χ1v) is 9.10. The Bertz CT molecular complexity index is 976. The van der Waals surface area contributed by atoms with Gasteiger partial charge in [-0.2, -0.15) is 5.26 Å². The molecule has 1 amide bonds. The molecule has 0 aliphatic rings. The first kappa shape index (κ1) is 18.5. The van der Waals surface area contributed by atoms with Gasteiger partial charge < -0.3 is 14.6 Å². The van der Waals surface area contributed by atoms with E-state index in [9.17, 15) is 4.79 Å². The Kier molecular flexibility index (Phi) is 5.79. The van der Waals surface area contributed by atoms with Crippen molar-refractivity contribution in [2.24, 2.45) is 7.05 Å². The first-order chi connectivity index (χ1) is 13.0. The fourth-order valence-electron chi connectivity index (χ4n) is 2.30. The average Bonchev–Trinajstić information content (AvgIpc) is 3.08. The van der Waals surface area contributed by atoms with Gasteiger partial charge in [0, 0.05) is 30.0 Å². The number of hydrogen-bond acceptors (Lipinski definition) is 5. The summed E-state index contributed by atoms with van der Waals surface area (Å²) >= 11 is 1.55. The van der Waals surface area contributed by atoms with Gasteiger partial charge in [0.05, 0.1) is 11.6 Å². The molecule has 1 N–H and O–H groups in total. The molecule has 0 fully saturated rings. The highest BCUT2D eigenvalue weighted by atomic mass is 32.2. The molecule has 0 aliphatic carbocycles. The number of carbonyl (C=O) groups is 1. The second kappa shape index (κ2) is 8.43. The number of imidazole rings is 1. The van der Waals surface area contributed by atoms with E-state index in [4.69, 9.17) is 10.00 Å². The number of nitriles is 1. The number of benzene rings is 2. The molecule has 0 saturated carbocycles. The van der Waals surface area contributed by atoms with Crippen LogP contribution in [0.5, 0.6) is 5.75 Å². The summed E-state index contributed by atoms with van der Waals surface area (Å²) in [4.78, 5) is 17.6. The summed E-state index contributed by atoms with van der Waals surface area (Å²) in [6.45, 7) is 1.67. The van der Waals surface area contributed by atoms with Crippen LogP contribution in [0.15, 0.2) is 71.0 Å². The van der Waals surface area contributed by atoms with Crippen LogP contribution >= 0.6 is 11.8 Å². The zero-order chi connectivity index (χ0) is 19.2. The predicted molar refractivity (Wildman–Crippen MR) is 104 cm³/mol. The molecule has 0 spiro atoms. The standard InChI is InChI=1S/C20H18N4O2S/c1-14(26-17-5-3-4-15(12-17)13-21)19(25)23-16-6-8-18(9-7-16)27-20-22-10-11-24(20)2/h3-12,14H,1-2H3,(H,23,25). The number of aryl methyl sites for hydroxylation is 1. The molecular weight excluding hydrogens is 360 g/mol. The summed E-state index contributed by atoms with van der Waals surface area (Å²) in [5.74, 6) is 0.223. The number of hydrogen-bond donors (Lipinski definition) is 1. The SMILES string of the molecule is CC(Oc1cccc(C#N)c1)C(=O)Nc1ccc(Sc2nccn2C)cc1. The molecule has 2 aromatic carbocycles. The molecule has 1 atom stereocenters. The zero-order valence-electron chi connectivity index (χ0n) is 14.9. The minimum atomic E-state index is -0.694. The highest BCUT2D eigenvalue weighted by Gasteiger charge is 2.15. The van der Waals surface area contributed by atoms with Gasteiger partial charge in [-0.3, -0.25) is 4.79 Å². The number of aromatic nitrogens is 2. The Morgan fingerprint density at radius 3 is 2.74 bits per heavy atom. The smallest absolute Gasteiger partial charge is 0.265 e. The molecule has 0 radical (unpaired) electrons. The van der Waals surface area contributed by atoms with Crippen LogP contribution in [0.3, 0.4) is 0 Å². The molecule has 7 heteroatoms. The van der Waals surface area contributed by atoms with E-state index in [0.29, 0.717) is 17.0 Å². The number of nitrogens with zero attached hydrogens (tertiary/aromatic N) is 3. The van der Waals surface area contributed by atoms with E-state index >= 15 is 0 Å². The van der Waals surface area contributed by atoms with Gasteiger partial charge in [0.25, 0.3) is 5.91 Å². The van der Waals surface area contributed by atoms with E-state index in [1.807, 2.05) is 48.1 Å². The lowest BCUT2D eigenvalue weighted by Crippen LogP contribution is -2.30. The normalized spacial score (nSPS) is 11.4.